The highest BCUT2D eigenvalue weighted by atomic mass is 79.9. The summed E-state index contributed by atoms with van der Waals surface area (Å²) < 4.78 is 12.4. The van der Waals surface area contributed by atoms with Gasteiger partial charge in [-0.2, -0.15) is 5.10 Å². The first-order chi connectivity index (χ1) is 17.4. The van der Waals surface area contributed by atoms with E-state index in [1.807, 2.05) is 62.4 Å². The molecule has 0 aliphatic carbocycles. The Labute approximate surface area is 224 Å². The summed E-state index contributed by atoms with van der Waals surface area (Å²) in [5.74, 6) is 0.460. The number of ether oxygens (including phenoxy) is 2. The van der Waals surface area contributed by atoms with Crippen LogP contribution in [0.2, 0.25) is 5.02 Å². The Kier molecular flexibility index (Phi) is 10.3. The molecule has 3 aromatic carbocycles. The first-order valence-electron chi connectivity index (χ1n) is 11.4. The Balaban J connectivity index is 1.54. The van der Waals surface area contributed by atoms with Gasteiger partial charge in [0.1, 0.15) is 6.61 Å². The average Bonchev–Trinajstić information content (AvgIpc) is 2.85. The predicted molar refractivity (Wildman–Crippen MR) is 146 cm³/mol. The van der Waals surface area contributed by atoms with Gasteiger partial charge in [-0.1, -0.05) is 47.5 Å². The van der Waals surface area contributed by atoms with E-state index in [2.05, 4.69) is 31.8 Å². The smallest absolute Gasteiger partial charge is 0.240 e. The van der Waals surface area contributed by atoms with E-state index >= 15 is 0 Å². The molecule has 9 heteroatoms. The summed E-state index contributed by atoms with van der Waals surface area (Å²) in [4.78, 5) is 24.2. The molecule has 0 atom stereocenters. The minimum absolute atomic E-state index is 0.0117. The van der Waals surface area contributed by atoms with Crippen LogP contribution in [0.1, 0.15) is 36.5 Å². The molecule has 0 spiro atoms. The Morgan fingerprint density at radius 3 is 2.47 bits per heavy atom. The van der Waals surface area contributed by atoms with Crippen LogP contribution in [0.3, 0.4) is 0 Å². The van der Waals surface area contributed by atoms with Gasteiger partial charge in [0.25, 0.3) is 0 Å². The van der Waals surface area contributed by atoms with Crippen molar-refractivity contribution in [1.29, 1.82) is 0 Å². The number of carbonyl (C=O) groups is 2. The van der Waals surface area contributed by atoms with Gasteiger partial charge in [0.2, 0.25) is 11.8 Å². The number of hydrazone groups is 1. The predicted octanol–water partition coefficient (Wildman–Crippen LogP) is 6.26. The number of rotatable bonds is 11. The van der Waals surface area contributed by atoms with E-state index in [9.17, 15) is 9.59 Å². The molecule has 2 amide bonds. The van der Waals surface area contributed by atoms with Gasteiger partial charge in [0, 0.05) is 29.1 Å². The van der Waals surface area contributed by atoms with Crippen LogP contribution < -0.4 is 20.2 Å². The molecule has 3 aromatic rings. The van der Waals surface area contributed by atoms with Gasteiger partial charge in [-0.3, -0.25) is 9.59 Å². The Hall–Kier alpha value is -3.36. The fourth-order valence-electron chi connectivity index (χ4n) is 3.15. The van der Waals surface area contributed by atoms with Crippen LogP contribution in [0.5, 0.6) is 11.5 Å². The lowest BCUT2D eigenvalue weighted by atomic mass is 10.2. The van der Waals surface area contributed by atoms with Gasteiger partial charge in [0.05, 0.1) is 17.3 Å². The maximum absolute atomic E-state index is 12.1. The molecule has 2 N–H and O–H groups in total. The molecule has 3 rings (SSSR count). The zero-order chi connectivity index (χ0) is 25.9. The van der Waals surface area contributed by atoms with Crippen molar-refractivity contribution < 1.29 is 19.1 Å². The lowest BCUT2D eigenvalue weighted by Crippen LogP contribution is -2.20. The van der Waals surface area contributed by atoms with Crippen molar-refractivity contribution in [3.05, 3.63) is 86.8 Å². The van der Waals surface area contributed by atoms with Crippen LogP contribution in [0.4, 0.5) is 5.69 Å². The molecule has 0 aromatic heterocycles. The summed E-state index contributed by atoms with van der Waals surface area (Å²) >= 11 is 9.74. The zero-order valence-electron chi connectivity index (χ0n) is 20.0. The number of aryl methyl sites for hydroxylation is 1. The fraction of sp³-hybridized carbons (Fsp3) is 0.222. The van der Waals surface area contributed by atoms with Crippen LogP contribution in [-0.4, -0.2) is 24.6 Å². The number of nitrogens with zero attached hydrogens (tertiary/aromatic N) is 1. The maximum atomic E-state index is 12.1. The Morgan fingerprint density at radius 1 is 1.03 bits per heavy atom. The van der Waals surface area contributed by atoms with E-state index in [0.717, 1.165) is 11.1 Å². The highest BCUT2D eigenvalue weighted by Gasteiger charge is 2.13. The second-order valence-corrected chi connectivity index (χ2v) is 9.11. The van der Waals surface area contributed by atoms with Gasteiger partial charge in [-0.05, 0) is 65.7 Å². The standard InChI is InChI=1S/C27H27BrClN3O4/c1-3-35-24-15-19(14-22(28)27(24)36-17-20-6-4-5-7-23(20)29)16-30-32-26(34)13-12-25(33)31-21-10-8-18(2)9-11-21/h4-11,14-16H,3,12-13,17H2,1-2H3,(H,31,33)(H,32,34). The second-order valence-electron chi connectivity index (χ2n) is 7.85. The molecule has 7 nitrogen and oxygen atoms in total. The third-order valence-corrected chi connectivity index (χ3v) is 5.94. The lowest BCUT2D eigenvalue weighted by Gasteiger charge is -2.15. The number of halogens is 2. The first-order valence-corrected chi connectivity index (χ1v) is 12.5. The minimum Gasteiger partial charge on any atom is -0.490 e. The van der Waals surface area contributed by atoms with Crippen molar-refractivity contribution in [1.82, 2.24) is 5.43 Å². The molecule has 0 unspecified atom stereocenters. The Morgan fingerprint density at radius 2 is 1.75 bits per heavy atom. The summed E-state index contributed by atoms with van der Waals surface area (Å²) in [5.41, 5.74) is 5.78. The maximum Gasteiger partial charge on any atom is 0.240 e. The SMILES string of the molecule is CCOc1cc(C=NNC(=O)CCC(=O)Nc2ccc(C)cc2)cc(Br)c1OCc1ccccc1Cl. The number of anilines is 1. The molecule has 0 saturated heterocycles. The third-order valence-electron chi connectivity index (χ3n) is 4.98. The van der Waals surface area contributed by atoms with Crippen LogP contribution in [-0.2, 0) is 16.2 Å². The molecular weight excluding hydrogens is 546 g/mol. The lowest BCUT2D eigenvalue weighted by molar-refractivity contribution is -0.124. The fourth-order valence-corrected chi connectivity index (χ4v) is 3.92. The van der Waals surface area contributed by atoms with E-state index in [-0.39, 0.29) is 31.3 Å². The van der Waals surface area contributed by atoms with E-state index in [1.54, 1.807) is 12.1 Å². The molecule has 0 aliphatic heterocycles. The van der Waals surface area contributed by atoms with Gasteiger partial charge < -0.3 is 14.8 Å². The quantitative estimate of drug-likeness (QED) is 0.210. The number of hydrogen-bond acceptors (Lipinski definition) is 5. The van der Waals surface area contributed by atoms with Crippen molar-refractivity contribution in [3.63, 3.8) is 0 Å². The number of hydrogen-bond donors (Lipinski definition) is 2. The zero-order valence-corrected chi connectivity index (χ0v) is 22.4. The van der Waals surface area contributed by atoms with Gasteiger partial charge in [-0.25, -0.2) is 5.43 Å². The van der Waals surface area contributed by atoms with Crippen molar-refractivity contribution in [2.75, 3.05) is 11.9 Å². The molecular formula is C27H27BrClN3O4. The molecule has 0 fully saturated rings. The molecule has 188 valence electrons. The normalized spacial score (nSPS) is 10.8. The third kappa shape index (κ3) is 8.39. The number of nitrogens with one attached hydrogen (secondary N) is 2. The van der Waals surface area contributed by atoms with Gasteiger partial charge in [0.15, 0.2) is 11.5 Å². The Bertz CT molecular complexity index is 1230. The summed E-state index contributed by atoms with van der Waals surface area (Å²) in [7, 11) is 0. The van der Waals surface area contributed by atoms with Crippen molar-refractivity contribution in [2.24, 2.45) is 5.10 Å². The summed E-state index contributed by atoms with van der Waals surface area (Å²) in [6, 6.07) is 18.5. The van der Waals surface area contributed by atoms with E-state index in [1.165, 1.54) is 6.21 Å². The van der Waals surface area contributed by atoms with E-state index in [0.29, 0.717) is 38.9 Å². The van der Waals surface area contributed by atoms with E-state index < -0.39 is 0 Å². The number of carbonyl (C=O) groups excluding carboxylic acids is 2. The highest BCUT2D eigenvalue weighted by molar-refractivity contribution is 9.10. The highest BCUT2D eigenvalue weighted by Crippen LogP contribution is 2.37. The van der Waals surface area contributed by atoms with E-state index in [4.69, 9.17) is 21.1 Å². The van der Waals surface area contributed by atoms with Crippen LogP contribution in [0.25, 0.3) is 0 Å². The summed E-state index contributed by atoms with van der Waals surface area (Å²) in [6.07, 6.45) is 1.56. The molecule has 0 bridgehead atoms. The first kappa shape index (κ1) is 27.2. The second kappa shape index (κ2) is 13.7. The minimum atomic E-state index is -0.367. The summed E-state index contributed by atoms with van der Waals surface area (Å²) in [5, 5.41) is 7.39. The monoisotopic (exact) mass is 571 g/mol. The van der Waals surface area contributed by atoms with Crippen LogP contribution in [0, 0.1) is 6.92 Å². The topological polar surface area (TPSA) is 89.0 Å². The summed E-state index contributed by atoms with van der Waals surface area (Å²) in [6.45, 7) is 4.56. The van der Waals surface area contributed by atoms with Crippen LogP contribution >= 0.6 is 27.5 Å². The molecule has 36 heavy (non-hydrogen) atoms. The molecule has 0 radical (unpaired) electrons. The van der Waals surface area contributed by atoms with Crippen molar-refractivity contribution in [2.45, 2.75) is 33.3 Å². The largest absolute Gasteiger partial charge is 0.490 e. The van der Waals surface area contributed by atoms with Gasteiger partial charge >= 0.3 is 0 Å². The number of amides is 2. The molecule has 0 heterocycles. The average molecular weight is 573 g/mol. The van der Waals surface area contributed by atoms with Crippen molar-refractivity contribution in [3.8, 4) is 11.5 Å². The number of benzene rings is 3. The van der Waals surface area contributed by atoms with Gasteiger partial charge in [-0.15, -0.1) is 0 Å². The van der Waals surface area contributed by atoms with Crippen LogP contribution in [0.15, 0.2) is 70.2 Å². The molecule has 0 saturated carbocycles. The van der Waals surface area contributed by atoms with Crippen molar-refractivity contribution >= 4 is 51.2 Å². The molecule has 0 aliphatic rings.